The highest BCUT2D eigenvalue weighted by Crippen LogP contribution is 2.21. The average Bonchev–Trinajstić information content (AvgIpc) is 3.13. The Balaban J connectivity index is 1.92. The second-order valence-corrected chi connectivity index (χ2v) is 7.54. The molecule has 0 bridgehead atoms. The van der Waals surface area contributed by atoms with Crippen molar-refractivity contribution in [2.75, 3.05) is 40.8 Å². The van der Waals surface area contributed by atoms with Gasteiger partial charge in [0.25, 0.3) is 0 Å². The number of likely N-dealkylation sites (N-methyl/N-ethyl adjacent to an activating group) is 1. The SMILES string of the molecule is CCNC(=NCC(c1cnn(C)c1)N(C)C)NCCC(C)c1ccc(OC)cc1. The van der Waals surface area contributed by atoms with Crippen LogP contribution in [0.4, 0.5) is 0 Å². The van der Waals surface area contributed by atoms with E-state index in [9.17, 15) is 0 Å². The largest absolute Gasteiger partial charge is 0.497 e. The molecule has 29 heavy (non-hydrogen) atoms. The van der Waals surface area contributed by atoms with Crippen LogP contribution in [0.2, 0.25) is 0 Å². The van der Waals surface area contributed by atoms with Gasteiger partial charge in [0.1, 0.15) is 5.75 Å². The van der Waals surface area contributed by atoms with Crippen LogP contribution < -0.4 is 15.4 Å². The number of aliphatic imine (C=N–C) groups is 1. The molecule has 0 fully saturated rings. The number of rotatable bonds is 10. The third kappa shape index (κ3) is 7.09. The summed E-state index contributed by atoms with van der Waals surface area (Å²) in [6.45, 7) is 6.69. The van der Waals surface area contributed by atoms with Gasteiger partial charge >= 0.3 is 0 Å². The van der Waals surface area contributed by atoms with Gasteiger partial charge in [-0.2, -0.15) is 5.10 Å². The van der Waals surface area contributed by atoms with Gasteiger partial charge in [0, 0.05) is 31.9 Å². The minimum atomic E-state index is 0.192. The second-order valence-electron chi connectivity index (χ2n) is 7.54. The Morgan fingerprint density at radius 3 is 2.48 bits per heavy atom. The van der Waals surface area contributed by atoms with Crippen LogP contribution in [0.1, 0.15) is 43.4 Å². The Kier molecular flexibility index (Phi) is 8.99. The molecule has 2 unspecified atom stereocenters. The summed E-state index contributed by atoms with van der Waals surface area (Å²) in [7, 11) is 7.78. The van der Waals surface area contributed by atoms with Gasteiger partial charge in [0.15, 0.2) is 5.96 Å². The lowest BCUT2D eigenvalue weighted by atomic mass is 9.98. The fourth-order valence-electron chi connectivity index (χ4n) is 3.20. The molecule has 2 aromatic rings. The first-order valence-electron chi connectivity index (χ1n) is 10.3. The maximum atomic E-state index is 5.24. The first-order valence-corrected chi connectivity index (χ1v) is 10.3. The predicted molar refractivity (Wildman–Crippen MR) is 120 cm³/mol. The summed E-state index contributed by atoms with van der Waals surface area (Å²) >= 11 is 0. The molecule has 1 aromatic carbocycles. The third-order valence-corrected chi connectivity index (χ3v) is 5.05. The monoisotopic (exact) mass is 400 g/mol. The number of guanidine groups is 1. The Labute approximate surface area is 175 Å². The molecule has 160 valence electrons. The van der Waals surface area contributed by atoms with Crippen molar-refractivity contribution in [3.63, 3.8) is 0 Å². The van der Waals surface area contributed by atoms with E-state index < -0.39 is 0 Å². The predicted octanol–water partition coefficient (Wildman–Crippen LogP) is 2.78. The Hall–Kier alpha value is -2.54. The van der Waals surface area contributed by atoms with E-state index in [-0.39, 0.29) is 6.04 Å². The Bertz CT molecular complexity index is 753. The smallest absolute Gasteiger partial charge is 0.191 e. The van der Waals surface area contributed by atoms with Gasteiger partial charge in [-0.25, -0.2) is 0 Å². The van der Waals surface area contributed by atoms with Crippen molar-refractivity contribution in [3.05, 3.63) is 47.8 Å². The van der Waals surface area contributed by atoms with Crippen LogP contribution in [0.25, 0.3) is 0 Å². The first-order chi connectivity index (χ1) is 13.9. The molecular weight excluding hydrogens is 364 g/mol. The van der Waals surface area contributed by atoms with Crippen molar-refractivity contribution in [2.45, 2.75) is 32.2 Å². The molecule has 7 nitrogen and oxygen atoms in total. The maximum absolute atomic E-state index is 5.24. The van der Waals surface area contributed by atoms with Crippen molar-refractivity contribution in [3.8, 4) is 5.75 Å². The number of hydrogen-bond donors (Lipinski definition) is 2. The lowest BCUT2D eigenvalue weighted by Crippen LogP contribution is -2.38. The van der Waals surface area contributed by atoms with Crippen molar-refractivity contribution in [2.24, 2.45) is 12.0 Å². The molecule has 2 atom stereocenters. The van der Waals surface area contributed by atoms with E-state index in [4.69, 9.17) is 9.73 Å². The van der Waals surface area contributed by atoms with Crippen molar-refractivity contribution >= 4 is 5.96 Å². The highest BCUT2D eigenvalue weighted by molar-refractivity contribution is 5.79. The van der Waals surface area contributed by atoms with Gasteiger partial charge in [0.05, 0.1) is 25.9 Å². The standard InChI is InChI=1S/C22H36N6O/c1-7-23-22(25-15-21(27(3)4)19-14-26-28(5)16-19)24-13-12-17(2)18-8-10-20(29-6)11-9-18/h8-11,14,16-17,21H,7,12-13,15H2,1-6H3,(H2,23,24,25). The summed E-state index contributed by atoms with van der Waals surface area (Å²) in [5.74, 6) is 2.20. The zero-order chi connectivity index (χ0) is 21.2. The Morgan fingerprint density at radius 2 is 1.93 bits per heavy atom. The minimum Gasteiger partial charge on any atom is -0.497 e. The summed E-state index contributed by atoms with van der Waals surface area (Å²) in [5, 5.41) is 11.1. The van der Waals surface area contributed by atoms with E-state index in [1.807, 2.05) is 30.1 Å². The van der Waals surface area contributed by atoms with E-state index >= 15 is 0 Å². The van der Waals surface area contributed by atoms with Crippen LogP contribution in [0.3, 0.4) is 0 Å². The van der Waals surface area contributed by atoms with Gasteiger partial charge < -0.3 is 20.3 Å². The maximum Gasteiger partial charge on any atom is 0.191 e. The summed E-state index contributed by atoms with van der Waals surface area (Å²) in [5.41, 5.74) is 2.49. The zero-order valence-corrected chi connectivity index (χ0v) is 18.6. The van der Waals surface area contributed by atoms with Gasteiger partial charge in [-0.3, -0.25) is 9.67 Å². The summed E-state index contributed by atoms with van der Waals surface area (Å²) in [6.07, 6.45) is 4.99. The number of nitrogens with one attached hydrogen (secondary N) is 2. The summed E-state index contributed by atoms with van der Waals surface area (Å²) < 4.78 is 7.07. The molecule has 0 amide bonds. The van der Waals surface area contributed by atoms with E-state index in [0.717, 1.165) is 31.2 Å². The third-order valence-electron chi connectivity index (χ3n) is 5.05. The normalized spacial score (nSPS) is 14.0. The first kappa shape index (κ1) is 22.7. The Morgan fingerprint density at radius 1 is 1.21 bits per heavy atom. The molecular formula is C22H36N6O. The van der Waals surface area contributed by atoms with E-state index in [1.165, 1.54) is 11.1 Å². The fraction of sp³-hybridized carbons (Fsp3) is 0.545. The van der Waals surface area contributed by atoms with Gasteiger partial charge in [-0.15, -0.1) is 0 Å². The molecule has 0 aliphatic heterocycles. The van der Waals surface area contributed by atoms with Crippen LogP contribution in [0.5, 0.6) is 5.75 Å². The topological polar surface area (TPSA) is 66.7 Å². The average molecular weight is 401 g/mol. The fourth-order valence-corrected chi connectivity index (χ4v) is 3.20. The molecule has 2 N–H and O–H groups in total. The molecule has 2 rings (SSSR count). The van der Waals surface area contributed by atoms with E-state index in [2.05, 4.69) is 66.9 Å². The number of ether oxygens (including phenoxy) is 1. The molecule has 1 heterocycles. The number of hydrogen-bond acceptors (Lipinski definition) is 4. The van der Waals surface area contributed by atoms with E-state index in [0.29, 0.717) is 12.5 Å². The highest BCUT2D eigenvalue weighted by atomic mass is 16.5. The molecule has 0 saturated carbocycles. The van der Waals surface area contributed by atoms with Crippen molar-refractivity contribution in [1.82, 2.24) is 25.3 Å². The molecule has 0 spiro atoms. The lowest BCUT2D eigenvalue weighted by molar-refractivity contribution is 0.306. The molecule has 7 heteroatoms. The van der Waals surface area contributed by atoms with Gasteiger partial charge in [0.2, 0.25) is 0 Å². The van der Waals surface area contributed by atoms with Crippen molar-refractivity contribution < 1.29 is 4.74 Å². The number of benzene rings is 1. The lowest BCUT2D eigenvalue weighted by Gasteiger charge is -2.22. The molecule has 1 aromatic heterocycles. The molecule has 0 aliphatic carbocycles. The molecule has 0 aliphatic rings. The van der Waals surface area contributed by atoms with Gasteiger partial charge in [-0.05, 0) is 51.1 Å². The zero-order valence-electron chi connectivity index (χ0n) is 18.6. The second kappa shape index (κ2) is 11.5. The number of nitrogens with zero attached hydrogens (tertiary/aromatic N) is 4. The molecule has 0 saturated heterocycles. The van der Waals surface area contributed by atoms with Gasteiger partial charge in [-0.1, -0.05) is 19.1 Å². The number of aryl methyl sites for hydroxylation is 1. The van der Waals surface area contributed by atoms with Crippen LogP contribution in [0, 0.1) is 0 Å². The van der Waals surface area contributed by atoms with Crippen LogP contribution in [-0.2, 0) is 7.05 Å². The van der Waals surface area contributed by atoms with Crippen LogP contribution in [0.15, 0.2) is 41.7 Å². The summed E-state index contributed by atoms with van der Waals surface area (Å²) in [6, 6.07) is 8.50. The number of methoxy groups -OCH3 is 1. The van der Waals surface area contributed by atoms with Crippen LogP contribution in [-0.4, -0.2) is 61.5 Å². The highest BCUT2D eigenvalue weighted by Gasteiger charge is 2.16. The molecule has 0 radical (unpaired) electrons. The summed E-state index contributed by atoms with van der Waals surface area (Å²) in [4.78, 5) is 6.99. The van der Waals surface area contributed by atoms with Crippen LogP contribution >= 0.6 is 0 Å². The van der Waals surface area contributed by atoms with E-state index in [1.54, 1.807) is 7.11 Å². The number of aromatic nitrogens is 2. The quantitative estimate of drug-likeness (QED) is 0.474. The minimum absolute atomic E-state index is 0.192. The van der Waals surface area contributed by atoms with Crippen molar-refractivity contribution in [1.29, 1.82) is 0 Å².